The van der Waals surface area contributed by atoms with Gasteiger partial charge in [-0.2, -0.15) is 0 Å². The number of rotatable bonds is 3. The predicted molar refractivity (Wildman–Crippen MR) is 85.3 cm³/mol. The number of nitrogens with two attached hydrogens (primary N) is 1. The first-order valence-electron chi connectivity index (χ1n) is 7.59. The summed E-state index contributed by atoms with van der Waals surface area (Å²) < 4.78 is 27.4. The fraction of sp³-hybridized carbons (Fsp3) is 0.333. The Hall–Kier alpha value is -1.94. The van der Waals surface area contributed by atoms with Crippen LogP contribution in [0.1, 0.15) is 30.0 Å². The number of hydrogen-bond donors (Lipinski definition) is 1. The molecule has 0 amide bonds. The van der Waals surface area contributed by atoms with Crippen molar-refractivity contribution in [3.05, 3.63) is 65.7 Å². The molecule has 22 heavy (non-hydrogen) atoms. The number of hydrogen-bond acceptors (Lipinski definition) is 2. The molecule has 0 spiro atoms. The van der Waals surface area contributed by atoms with Gasteiger partial charge in [-0.05, 0) is 23.6 Å². The van der Waals surface area contributed by atoms with Crippen molar-refractivity contribution in [3.63, 3.8) is 0 Å². The van der Waals surface area contributed by atoms with E-state index in [4.69, 9.17) is 5.73 Å². The maximum atomic E-state index is 13.7. The maximum Gasteiger partial charge on any atom is 0.265 e. The average molecular weight is 302 g/mol. The maximum absolute atomic E-state index is 13.7. The van der Waals surface area contributed by atoms with Gasteiger partial charge in [0.25, 0.3) is 5.92 Å². The van der Waals surface area contributed by atoms with Gasteiger partial charge in [0.2, 0.25) is 0 Å². The fourth-order valence-corrected chi connectivity index (χ4v) is 3.05. The molecule has 2 nitrogen and oxygen atoms in total. The Morgan fingerprint density at radius 3 is 2.41 bits per heavy atom. The minimum atomic E-state index is -2.62. The third-order valence-corrected chi connectivity index (χ3v) is 4.16. The van der Waals surface area contributed by atoms with Gasteiger partial charge in [0.05, 0.1) is 12.6 Å². The highest BCUT2D eigenvalue weighted by Gasteiger charge is 2.36. The summed E-state index contributed by atoms with van der Waals surface area (Å²) in [6.45, 7) is 0.416. The molecule has 1 unspecified atom stereocenters. The Morgan fingerprint density at radius 1 is 1.00 bits per heavy atom. The fourth-order valence-electron chi connectivity index (χ4n) is 3.05. The van der Waals surface area contributed by atoms with Crippen LogP contribution in [0.5, 0.6) is 0 Å². The molecule has 1 saturated heterocycles. The van der Waals surface area contributed by atoms with Crippen LogP contribution >= 0.6 is 0 Å². The van der Waals surface area contributed by atoms with Gasteiger partial charge in [0.1, 0.15) is 0 Å². The van der Waals surface area contributed by atoms with Crippen LogP contribution in [-0.2, 0) is 0 Å². The summed E-state index contributed by atoms with van der Waals surface area (Å²) in [5.74, 6) is -2.62. The Balaban J connectivity index is 1.93. The summed E-state index contributed by atoms with van der Waals surface area (Å²) in [6.07, 6.45) is 0.471. The lowest BCUT2D eigenvalue weighted by molar-refractivity contribution is -0.0117. The van der Waals surface area contributed by atoms with E-state index in [1.807, 2.05) is 54.6 Å². The van der Waals surface area contributed by atoms with Crippen LogP contribution in [0.3, 0.4) is 0 Å². The Kier molecular flexibility index (Phi) is 4.12. The number of alkyl halides is 2. The molecule has 1 aliphatic heterocycles. The molecule has 0 aromatic heterocycles. The molecule has 1 heterocycles. The SMILES string of the molecule is NC(c1ccccc1)c1ccccc1N1CCCC(F)(F)C1. The van der Waals surface area contributed by atoms with Gasteiger partial charge in [-0.15, -0.1) is 0 Å². The van der Waals surface area contributed by atoms with Crippen LogP contribution in [0.4, 0.5) is 14.5 Å². The highest BCUT2D eigenvalue weighted by molar-refractivity contribution is 5.57. The summed E-state index contributed by atoms with van der Waals surface area (Å²) in [5, 5.41) is 0. The van der Waals surface area contributed by atoms with Gasteiger partial charge in [0, 0.05) is 18.7 Å². The predicted octanol–water partition coefficient (Wildman–Crippen LogP) is 3.97. The van der Waals surface area contributed by atoms with Crippen LogP contribution in [0, 0.1) is 0 Å². The second-order valence-electron chi connectivity index (χ2n) is 5.83. The van der Waals surface area contributed by atoms with Crippen molar-refractivity contribution in [2.75, 3.05) is 18.0 Å². The zero-order valence-electron chi connectivity index (χ0n) is 12.4. The van der Waals surface area contributed by atoms with Gasteiger partial charge >= 0.3 is 0 Å². The zero-order valence-corrected chi connectivity index (χ0v) is 12.4. The van der Waals surface area contributed by atoms with Crippen molar-refractivity contribution in [1.82, 2.24) is 0 Å². The summed E-state index contributed by atoms with van der Waals surface area (Å²) in [5.41, 5.74) is 9.07. The first-order valence-corrected chi connectivity index (χ1v) is 7.59. The molecular weight excluding hydrogens is 282 g/mol. The van der Waals surface area contributed by atoms with Crippen molar-refractivity contribution in [2.24, 2.45) is 5.73 Å². The molecule has 3 rings (SSSR count). The summed E-state index contributed by atoms with van der Waals surface area (Å²) in [6, 6.07) is 17.0. The molecule has 1 fully saturated rings. The first-order chi connectivity index (χ1) is 10.6. The van der Waals surface area contributed by atoms with Gasteiger partial charge in [-0.3, -0.25) is 0 Å². The lowest BCUT2D eigenvalue weighted by Gasteiger charge is -2.36. The molecular formula is C18H20F2N2. The van der Waals surface area contributed by atoms with E-state index >= 15 is 0 Å². The Bertz CT molecular complexity index is 628. The topological polar surface area (TPSA) is 29.3 Å². The van der Waals surface area contributed by atoms with Gasteiger partial charge in [-0.25, -0.2) is 8.78 Å². The summed E-state index contributed by atoms with van der Waals surface area (Å²) >= 11 is 0. The van der Waals surface area contributed by atoms with Crippen molar-refractivity contribution in [3.8, 4) is 0 Å². The smallest absolute Gasteiger partial charge is 0.265 e. The standard InChI is InChI=1S/C18H20F2N2/c19-18(20)11-6-12-22(13-18)16-10-5-4-9-15(16)17(21)14-7-2-1-3-8-14/h1-5,7-10,17H,6,11-13,21H2. The van der Waals surface area contributed by atoms with E-state index in [0.29, 0.717) is 13.0 Å². The largest absolute Gasteiger partial charge is 0.365 e. The van der Waals surface area contributed by atoms with Crippen LogP contribution in [-0.4, -0.2) is 19.0 Å². The number of nitrogens with zero attached hydrogens (tertiary/aromatic N) is 1. The Morgan fingerprint density at radius 2 is 1.68 bits per heavy atom. The zero-order chi connectivity index (χ0) is 15.6. The van der Waals surface area contributed by atoms with Crippen LogP contribution < -0.4 is 10.6 Å². The van der Waals surface area contributed by atoms with E-state index < -0.39 is 5.92 Å². The average Bonchev–Trinajstić information content (AvgIpc) is 2.54. The second-order valence-corrected chi connectivity index (χ2v) is 5.83. The van der Waals surface area contributed by atoms with Crippen molar-refractivity contribution in [2.45, 2.75) is 24.8 Å². The summed E-state index contributed by atoms with van der Waals surface area (Å²) in [7, 11) is 0. The Labute approximate surface area is 129 Å². The lowest BCUT2D eigenvalue weighted by atomic mass is 9.96. The number of piperidine rings is 1. The van der Waals surface area contributed by atoms with Crippen LogP contribution in [0.2, 0.25) is 0 Å². The van der Waals surface area contributed by atoms with Gasteiger partial charge < -0.3 is 10.6 Å². The van der Waals surface area contributed by atoms with E-state index in [0.717, 1.165) is 16.8 Å². The second kappa shape index (κ2) is 6.05. The number of anilines is 1. The highest BCUT2D eigenvalue weighted by Crippen LogP contribution is 2.34. The lowest BCUT2D eigenvalue weighted by Crippen LogP contribution is -2.43. The van der Waals surface area contributed by atoms with Gasteiger partial charge in [0.15, 0.2) is 0 Å². The van der Waals surface area contributed by atoms with Crippen molar-refractivity contribution in [1.29, 1.82) is 0 Å². The van der Waals surface area contributed by atoms with Crippen molar-refractivity contribution < 1.29 is 8.78 Å². The molecule has 1 atom stereocenters. The van der Waals surface area contributed by atoms with Crippen molar-refractivity contribution >= 4 is 5.69 Å². The van der Waals surface area contributed by atoms with Crippen LogP contribution in [0.15, 0.2) is 54.6 Å². The molecule has 1 aliphatic rings. The number of benzene rings is 2. The summed E-state index contributed by atoms with van der Waals surface area (Å²) in [4.78, 5) is 1.77. The molecule has 2 N–H and O–H groups in total. The molecule has 2 aromatic carbocycles. The van der Waals surface area contributed by atoms with E-state index in [1.54, 1.807) is 4.90 Å². The first kappa shape index (κ1) is 15.0. The molecule has 4 heteroatoms. The molecule has 2 aromatic rings. The molecule has 0 radical (unpaired) electrons. The monoisotopic (exact) mass is 302 g/mol. The number of para-hydroxylation sites is 1. The van der Waals surface area contributed by atoms with E-state index in [1.165, 1.54) is 0 Å². The minimum absolute atomic E-state index is 0.0313. The molecule has 0 saturated carbocycles. The third kappa shape index (κ3) is 3.12. The molecule has 0 bridgehead atoms. The quantitative estimate of drug-likeness (QED) is 0.929. The molecule has 0 aliphatic carbocycles. The molecule has 116 valence electrons. The van der Waals surface area contributed by atoms with E-state index in [9.17, 15) is 8.78 Å². The van der Waals surface area contributed by atoms with Gasteiger partial charge in [-0.1, -0.05) is 48.5 Å². The number of halogens is 2. The highest BCUT2D eigenvalue weighted by atomic mass is 19.3. The van der Waals surface area contributed by atoms with E-state index in [-0.39, 0.29) is 19.0 Å². The normalized spacial score (nSPS) is 19.0. The third-order valence-electron chi connectivity index (χ3n) is 4.16. The minimum Gasteiger partial charge on any atom is -0.365 e. The van der Waals surface area contributed by atoms with E-state index in [2.05, 4.69) is 0 Å². The van der Waals surface area contributed by atoms with Crippen LogP contribution in [0.25, 0.3) is 0 Å².